The molecule has 1 unspecified atom stereocenters. The number of benzene rings is 2. The first-order chi connectivity index (χ1) is 10.2. The minimum absolute atomic E-state index is 0.176. The van der Waals surface area contributed by atoms with E-state index in [4.69, 9.17) is 11.6 Å². The van der Waals surface area contributed by atoms with Gasteiger partial charge in [0.25, 0.3) is 0 Å². The van der Waals surface area contributed by atoms with Crippen LogP contribution in [0.4, 0.5) is 4.39 Å². The number of likely N-dealkylation sites (N-methyl/N-ethyl adjacent to an activating group) is 1. The van der Waals surface area contributed by atoms with Gasteiger partial charge in [0.15, 0.2) is 0 Å². The molecule has 0 aromatic heterocycles. The van der Waals surface area contributed by atoms with E-state index in [-0.39, 0.29) is 5.82 Å². The van der Waals surface area contributed by atoms with Crippen LogP contribution in [-0.4, -0.2) is 18.3 Å². The predicted molar refractivity (Wildman–Crippen MR) is 89.7 cm³/mol. The summed E-state index contributed by atoms with van der Waals surface area (Å²) in [6, 6.07) is 15.0. The number of hydrogen-bond donors (Lipinski definition) is 1. The third kappa shape index (κ3) is 5.70. The fourth-order valence-electron chi connectivity index (χ4n) is 2.18. The number of thioether (sulfide) groups is 1. The molecule has 112 valence electrons. The van der Waals surface area contributed by atoms with Gasteiger partial charge >= 0.3 is 0 Å². The molecule has 0 amide bonds. The summed E-state index contributed by atoms with van der Waals surface area (Å²) in [6.07, 6.45) is 0.819. The smallest absolute Gasteiger partial charge is 0.123 e. The Balaban J connectivity index is 1.95. The highest BCUT2D eigenvalue weighted by atomic mass is 35.5. The monoisotopic (exact) mass is 323 g/mol. The van der Waals surface area contributed by atoms with E-state index in [0.29, 0.717) is 6.04 Å². The molecule has 0 saturated heterocycles. The summed E-state index contributed by atoms with van der Waals surface area (Å²) in [5, 5.41) is 4.21. The number of hydrogen-bond acceptors (Lipinski definition) is 2. The Bertz CT molecular complexity index is 576. The lowest BCUT2D eigenvalue weighted by molar-refractivity contribution is 0.568. The third-order valence-corrected chi connectivity index (χ3v) is 4.50. The summed E-state index contributed by atoms with van der Waals surface area (Å²) >= 11 is 7.76. The van der Waals surface area contributed by atoms with E-state index in [0.717, 1.165) is 34.2 Å². The molecule has 0 saturated carbocycles. The maximum atomic E-state index is 13.3. The minimum Gasteiger partial charge on any atom is -0.313 e. The molecule has 21 heavy (non-hydrogen) atoms. The molecule has 0 bridgehead atoms. The molecule has 1 N–H and O–H groups in total. The van der Waals surface area contributed by atoms with Gasteiger partial charge in [0.1, 0.15) is 5.82 Å². The Morgan fingerprint density at radius 1 is 1.19 bits per heavy atom. The second kappa shape index (κ2) is 8.42. The molecule has 2 aromatic carbocycles. The van der Waals surface area contributed by atoms with Crippen LogP contribution in [0.1, 0.15) is 12.5 Å². The summed E-state index contributed by atoms with van der Waals surface area (Å²) in [6.45, 7) is 2.98. The standard InChI is InChI=1S/C17H19ClFNS/c1-2-20-16(10-13-5-3-7-15(19)9-13)12-21-17-8-4-6-14(18)11-17/h3-9,11,16,20H,2,10,12H2,1H3. The summed E-state index contributed by atoms with van der Waals surface area (Å²) < 4.78 is 13.3. The van der Waals surface area contributed by atoms with Gasteiger partial charge in [-0.15, -0.1) is 11.8 Å². The predicted octanol–water partition coefficient (Wildman–Crippen LogP) is 4.79. The average molecular weight is 324 g/mol. The topological polar surface area (TPSA) is 12.0 Å². The highest BCUT2D eigenvalue weighted by Gasteiger charge is 2.10. The van der Waals surface area contributed by atoms with Crippen molar-refractivity contribution in [1.29, 1.82) is 0 Å². The van der Waals surface area contributed by atoms with E-state index in [1.54, 1.807) is 23.9 Å². The van der Waals surface area contributed by atoms with Crippen molar-refractivity contribution < 1.29 is 4.39 Å². The lowest BCUT2D eigenvalue weighted by Gasteiger charge is -2.17. The normalized spacial score (nSPS) is 12.3. The first kappa shape index (κ1) is 16.3. The van der Waals surface area contributed by atoms with Crippen LogP contribution < -0.4 is 5.32 Å². The zero-order valence-corrected chi connectivity index (χ0v) is 13.6. The van der Waals surface area contributed by atoms with Crippen LogP contribution in [0, 0.1) is 5.82 Å². The fourth-order valence-corrected chi connectivity index (χ4v) is 3.45. The van der Waals surface area contributed by atoms with E-state index in [9.17, 15) is 4.39 Å². The second-order valence-electron chi connectivity index (χ2n) is 4.86. The van der Waals surface area contributed by atoms with Gasteiger partial charge in [-0.25, -0.2) is 4.39 Å². The summed E-state index contributed by atoms with van der Waals surface area (Å²) in [5.41, 5.74) is 1.02. The van der Waals surface area contributed by atoms with Crippen molar-refractivity contribution in [3.8, 4) is 0 Å². The van der Waals surface area contributed by atoms with Gasteiger partial charge in [-0.05, 0) is 48.9 Å². The second-order valence-corrected chi connectivity index (χ2v) is 6.39. The molecule has 1 nitrogen and oxygen atoms in total. The van der Waals surface area contributed by atoms with E-state index in [2.05, 4.69) is 18.3 Å². The van der Waals surface area contributed by atoms with Gasteiger partial charge in [0.05, 0.1) is 0 Å². The molecule has 4 heteroatoms. The van der Waals surface area contributed by atoms with Gasteiger partial charge in [-0.1, -0.05) is 36.7 Å². The molecule has 0 aliphatic heterocycles. The Hall–Kier alpha value is -1.03. The zero-order chi connectivity index (χ0) is 15.1. The van der Waals surface area contributed by atoms with Crippen molar-refractivity contribution in [3.63, 3.8) is 0 Å². The molecule has 0 fully saturated rings. The molecular formula is C17H19ClFNS. The van der Waals surface area contributed by atoms with Crippen LogP contribution in [0.2, 0.25) is 5.02 Å². The summed E-state index contributed by atoms with van der Waals surface area (Å²) in [4.78, 5) is 1.16. The molecule has 0 radical (unpaired) electrons. The van der Waals surface area contributed by atoms with Crippen molar-refractivity contribution in [2.45, 2.75) is 24.3 Å². The number of nitrogens with one attached hydrogen (secondary N) is 1. The van der Waals surface area contributed by atoms with E-state index < -0.39 is 0 Å². The van der Waals surface area contributed by atoms with Crippen molar-refractivity contribution in [2.24, 2.45) is 0 Å². The van der Waals surface area contributed by atoms with Crippen LogP contribution in [-0.2, 0) is 6.42 Å². The van der Waals surface area contributed by atoms with Gasteiger partial charge in [0, 0.05) is 21.7 Å². The van der Waals surface area contributed by atoms with Crippen molar-refractivity contribution in [1.82, 2.24) is 5.32 Å². The molecule has 0 aliphatic carbocycles. The summed E-state index contributed by atoms with van der Waals surface area (Å²) in [5.74, 6) is 0.746. The Morgan fingerprint density at radius 2 is 2.00 bits per heavy atom. The van der Waals surface area contributed by atoms with Crippen LogP contribution in [0.25, 0.3) is 0 Å². The minimum atomic E-state index is -0.176. The van der Waals surface area contributed by atoms with Crippen LogP contribution in [0.3, 0.4) is 0 Å². The first-order valence-corrected chi connectivity index (χ1v) is 8.40. The third-order valence-electron chi connectivity index (χ3n) is 3.11. The van der Waals surface area contributed by atoms with E-state index in [1.807, 2.05) is 24.3 Å². The number of halogens is 2. The SMILES string of the molecule is CCNC(CSc1cccc(Cl)c1)Cc1cccc(F)c1. The van der Waals surface area contributed by atoms with Crippen LogP contribution >= 0.6 is 23.4 Å². The van der Waals surface area contributed by atoms with Crippen molar-refractivity contribution >= 4 is 23.4 Å². The average Bonchev–Trinajstić information content (AvgIpc) is 2.45. The van der Waals surface area contributed by atoms with Gasteiger partial charge in [-0.2, -0.15) is 0 Å². The largest absolute Gasteiger partial charge is 0.313 e. The fraction of sp³-hybridized carbons (Fsp3) is 0.294. The molecule has 0 spiro atoms. The molecule has 2 aromatic rings. The van der Waals surface area contributed by atoms with Crippen molar-refractivity contribution in [3.05, 3.63) is 64.9 Å². The van der Waals surface area contributed by atoms with Gasteiger partial charge in [-0.3, -0.25) is 0 Å². The lowest BCUT2D eigenvalue weighted by Crippen LogP contribution is -2.33. The maximum absolute atomic E-state index is 13.3. The summed E-state index contributed by atoms with van der Waals surface area (Å²) in [7, 11) is 0. The Labute approximate surface area is 134 Å². The zero-order valence-electron chi connectivity index (χ0n) is 12.0. The highest BCUT2D eigenvalue weighted by Crippen LogP contribution is 2.23. The Morgan fingerprint density at radius 3 is 2.71 bits per heavy atom. The quantitative estimate of drug-likeness (QED) is 0.735. The molecular weight excluding hydrogens is 305 g/mol. The maximum Gasteiger partial charge on any atom is 0.123 e. The molecule has 0 aliphatic rings. The lowest BCUT2D eigenvalue weighted by atomic mass is 10.1. The van der Waals surface area contributed by atoms with Crippen molar-refractivity contribution in [2.75, 3.05) is 12.3 Å². The van der Waals surface area contributed by atoms with E-state index in [1.165, 1.54) is 6.07 Å². The first-order valence-electron chi connectivity index (χ1n) is 7.03. The van der Waals surface area contributed by atoms with Gasteiger partial charge in [0.2, 0.25) is 0 Å². The molecule has 2 rings (SSSR count). The van der Waals surface area contributed by atoms with E-state index >= 15 is 0 Å². The molecule has 0 heterocycles. The molecule has 1 atom stereocenters. The highest BCUT2D eigenvalue weighted by molar-refractivity contribution is 7.99. The van der Waals surface area contributed by atoms with Crippen LogP contribution in [0.15, 0.2) is 53.4 Å². The Kier molecular flexibility index (Phi) is 6.55. The number of rotatable bonds is 7. The van der Waals surface area contributed by atoms with Gasteiger partial charge < -0.3 is 5.32 Å². The van der Waals surface area contributed by atoms with Crippen LogP contribution in [0.5, 0.6) is 0 Å².